The van der Waals surface area contributed by atoms with Crippen molar-refractivity contribution in [3.63, 3.8) is 0 Å². The van der Waals surface area contributed by atoms with E-state index in [1.54, 1.807) is 0 Å². The Morgan fingerprint density at radius 3 is 2.68 bits per heavy atom. The summed E-state index contributed by atoms with van der Waals surface area (Å²) in [5.41, 5.74) is 4.57. The summed E-state index contributed by atoms with van der Waals surface area (Å²) < 4.78 is 11.7. The van der Waals surface area contributed by atoms with Crippen LogP contribution in [-0.2, 0) is 4.74 Å². The molecule has 31 heavy (non-hydrogen) atoms. The largest absolute Gasteiger partial charge is 0.493 e. The van der Waals surface area contributed by atoms with Crippen LogP contribution in [0.2, 0.25) is 0 Å². The Bertz CT molecular complexity index is 1040. The number of rotatable bonds is 3. The molecule has 1 N–H and O–H groups in total. The number of nitrogens with zero attached hydrogens (tertiary/aromatic N) is 2. The summed E-state index contributed by atoms with van der Waals surface area (Å²) in [6.07, 6.45) is 2.61. The van der Waals surface area contributed by atoms with E-state index < -0.39 is 0 Å². The molecule has 0 aliphatic carbocycles. The minimum absolute atomic E-state index is 0.0000504. The van der Waals surface area contributed by atoms with E-state index in [0.29, 0.717) is 24.5 Å². The fraction of sp³-hybridized carbons (Fsp3) is 0.440. The number of carbonyl (C=O) groups excluding carboxylic acids is 1. The molecule has 2 bridgehead atoms. The maximum atomic E-state index is 12.6. The molecule has 160 valence electrons. The van der Waals surface area contributed by atoms with Crippen molar-refractivity contribution < 1.29 is 14.3 Å². The van der Waals surface area contributed by atoms with E-state index in [2.05, 4.69) is 16.3 Å². The van der Waals surface area contributed by atoms with Crippen molar-refractivity contribution >= 4 is 6.09 Å². The number of hydrogen-bond donors (Lipinski definition) is 1. The van der Waals surface area contributed by atoms with Crippen molar-refractivity contribution in [1.29, 1.82) is 5.26 Å². The van der Waals surface area contributed by atoms with Gasteiger partial charge in [-0.05, 0) is 67.6 Å². The van der Waals surface area contributed by atoms with Gasteiger partial charge < -0.3 is 14.8 Å². The minimum Gasteiger partial charge on any atom is -0.493 e. The van der Waals surface area contributed by atoms with Crippen LogP contribution in [0.25, 0.3) is 11.1 Å². The van der Waals surface area contributed by atoms with Gasteiger partial charge in [0.05, 0.1) is 24.3 Å². The Balaban J connectivity index is 1.30. The van der Waals surface area contributed by atoms with E-state index in [0.717, 1.165) is 60.5 Å². The number of nitriles is 1. The Morgan fingerprint density at radius 2 is 1.94 bits per heavy atom. The second-order valence-electron chi connectivity index (χ2n) is 8.81. The van der Waals surface area contributed by atoms with E-state index in [4.69, 9.17) is 9.47 Å². The lowest BCUT2D eigenvalue weighted by molar-refractivity contribution is -0.0342. The molecule has 4 heterocycles. The molecule has 3 fully saturated rings. The number of carbonyl (C=O) groups is 1. The first-order valence-corrected chi connectivity index (χ1v) is 11.1. The topological polar surface area (TPSA) is 74.6 Å². The lowest BCUT2D eigenvalue weighted by atomic mass is 9.86. The fourth-order valence-electron chi connectivity index (χ4n) is 5.00. The highest BCUT2D eigenvalue weighted by molar-refractivity contribution is 5.71. The maximum Gasteiger partial charge on any atom is 0.407 e. The predicted molar refractivity (Wildman–Crippen MR) is 117 cm³/mol. The first kappa shape index (κ1) is 19.9. The fourth-order valence-corrected chi connectivity index (χ4v) is 5.00. The van der Waals surface area contributed by atoms with Gasteiger partial charge >= 0.3 is 6.09 Å². The summed E-state index contributed by atoms with van der Waals surface area (Å²) in [5, 5.41) is 12.4. The van der Waals surface area contributed by atoms with Gasteiger partial charge in [0, 0.05) is 18.5 Å². The zero-order chi connectivity index (χ0) is 21.4. The number of ether oxygens (including phenoxy) is 2. The van der Waals surface area contributed by atoms with Crippen molar-refractivity contribution in [3.8, 4) is 22.9 Å². The highest BCUT2D eigenvalue weighted by atomic mass is 16.6. The van der Waals surface area contributed by atoms with E-state index in [9.17, 15) is 10.1 Å². The van der Waals surface area contributed by atoms with Crippen LogP contribution < -0.4 is 10.1 Å². The average molecular weight is 418 g/mol. The molecule has 2 atom stereocenters. The van der Waals surface area contributed by atoms with Gasteiger partial charge in [0.15, 0.2) is 0 Å². The van der Waals surface area contributed by atoms with Gasteiger partial charge in [0.1, 0.15) is 11.9 Å². The molecule has 2 aromatic rings. The van der Waals surface area contributed by atoms with Crippen LogP contribution >= 0.6 is 0 Å². The van der Waals surface area contributed by atoms with Crippen LogP contribution in [-0.4, -0.2) is 43.3 Å². The second kappa shape index (κ2) is 8.24. The third kappa shape index (κ3) is 3.98. The van der Waals surface area contributed by atoms with E-state index in [-0.39, 0.29) is 18.2 Å². The number of amides is 1. The molecule has 1 unspecified atom stereocenters. The molecule has 1 amide bonds. The third-order valence-corrected chi connectivity index (χ3v) is 6.89. The van der Waals surface area contributed by atoms with Crippen LogP contribution in [0.3, 0.4) is 0 Å². The molecular formula is C25H27N3O3. The van der Waals surface area contributed by atoms with Gasteiger partial charge in [-0.15, -0.1) is 0 Å². The van der Waals surface area contributed by atoms with Crippen molar-refractivity contribution in [2.45, 2.75) is 38.3 Å². The summed E-state index contributed by atoms with van der Waals surface area (Å²) >= 11 is 0. The van der Waals surface area contributed by atoms with Gasteiger partial charge in [-0.1, -0.05) is 24.3 Å². The summed E-state index contributed by atoms with van der Waals surface area (Å²) in [5.74, 6) is 1.27. The van der Waals surface area contributed by atoms with Crippen LogP contribution in [0, 0.1) is 24.2 Å². The number of fused-ring (bicyclic) bond motifs is 4. The normalized spacial score (nSPS) is 26.3. The monoisotopic (exact) mass is 417 g/mol. The molecule has 6 heteroatoms. The van der Waals surface area contributed by atoms with Crippen LogP contribution in [0.4, 0.5) is 4.79 Å². The molecule has 4 aliphatic rings. The lowest BCUT2D eigenvalue weighted by Gasteiger charge is -2.44. The van der Waals surface area contributed by atoms with Crippen molar-refractivity contribution in [1.82, 2.24) is 10.2 Å². The zero-order valence-corrected chi connectivity index (χ0v) is 17.8. The molecule has 2 aromatic carbocycles. The first-order chi connectivity index (χ1) is 15.1. The van der Waals surface area contributed by atoms with Crippen LogP contribution in [0.1, 0.15) is 42.0 Å². The minimum atomic E-state index is -0.335. The predicted octanol–water partition coefficient (Wildman–Crippen LogP) is 4.18. The van der Waals surface area contributed by atoms with Gasteiger partial charge in [-0.25, -0.2) is 4.79 Å². The molecule has 6 rings (SSSR count). The standard InChI is InChI=1S/C25H27N3O3/c1-16-2-3-18(12-20(16)14-26)19-4-5-21-22(8-11-30-23(21)13-19)27-25(29)31-24-15-28-9-6-17(24)7-10-28/h2-5,12-13,17,22,24H,6-11,15H2,1H3,(H,27,29)/t22?,24-/m1/s1. The van der Waals surface area contributed by atoms with Crippen molar-refractivity contribution in [2.24, 2.45) is 5.92 Å². The molecule has 0 spiro atoms. The Hall–Kier alpha value is -3.04. The van der Waals surface area contributed by atoms with Gasteiger partial charge in [-0.3, -0.25) is 4.90 Å². The van der Waals surface area contributed by atoms with Crippen LogP contribution in [0.15, 0.2) is 36.4 Å². The number of aryl methyl sites for hydroxylation is 1. The smallest absolute Gasteiger partial charge is 0.407 e. The number of alkyl carbamates (subject to hydrolysis) is 1. The highest BCUT2D eigenvalue weighted by Gasteiger charge is 2.37. The van der Waals surface area contributed by atoms with Gasteiger partial charge in [-0.2, -0.15) is 5.26 Å². The summed E-state index contributed by atoms with van der Waals surface area (Å²) in [6.45, 7) is 5.58. The average Bonchev–Trinajstić information content (AvgIpc) is 2.80. The third-order valence-electron chi connectivity index (χ3n) is 6.89. The van der Waals surface area contributed by atoms with E-state index >= 15 is 0 Å². The van der Waals surface area contributed by atoms with E-state index in [1.165, 1.54) is 0 Å². The number of benzene rings is 2. The van der Waals surface area contributed by atoms with Gasteiger partial charge in [0.2, 0.25) is 0 Å². The van der Waals surface area contributed by atoms with Gasteiger partial charge in [0.25, 0.3) is 0 Å². The quantitative estimate of drug-likeness (QED) is 0.811. The molecule has 4 aliphatic heterocycles. The molecular weight excluding hydrogens is 390 g/mol. The molecule has 0 saturated carbocycles. The Morgan fingerprint density at radius 1 is 1.16 bits per heavy atom. The molecule has 6 nitrogen and oxygen atoms in total. The zero-order valence-electron chi connectivity index (χ0n) is 17.8. The van der Waals surface area contributed by atoms with E-state index in [1.807, 2.05) is 43.3 Å². The number of piperidine rings is 3. The van der Waals surface area contributed by atoms with Crippen LogP contribution in [0.5, 0.6) is 5.75 Å². The summed E-state index contributed by atoms with van der Waals surface area (Å²) in [6, 6.07) is 14.0. The summed E-state index contributed by atoms with van der Waals surface area (Å²) in [7, 11) is 0. The lowest BCUT2D eigenvalue weighted by Crippen LogP contribution is -2.52. The number of hydrogen-bond acceptors (Lipinski definition) is 5. The molecule has 0 aromatic heterocycles. The van der Waals surface area contributed by atoms with Crippen molar-refractivity contribution in [2.75, 3.05) is 26.2 Å². The highest BCUT2D eigenvalue weighted by Crippen LogP contribution is 2.36. The SMILES string of the molecule is Cc1ccc(-c2ccc3c(c2)OCCC3NC(=O)O[C@@H]2CN3CCC2CC3)cc1C#N. The first-order valence-electron chi connectivity index (χ1n) is 11.1. The number of nitrogens with one attached hydrogen (secondary N) is 1. The maximum absolute atomic E-state index is 12.6. The molecule has 0 radical (unpaired) electrons. The Labute approximate surface area is 182 Å². The second-order valence-corrected chi connectivity index (χ2v) is 8.81. The Kier molecular flexibility index (Phi) is 5.29. The summed E-state index contributed by atoms with van der Waals surface area (Å²) in [4.78, 5) is 15.0. The molecule has 3 saturated heterocycles. The van der Waals surface area contributed by atoms with Crippen molar-refractivity contribution in [3.05, 3.63) is 53.1 Å².